The Kier molecular flexibility index (Phi) is 7.26. The maximum atomic E-state index is 12.8. The number of ether oxygens (including phenoxy) is 2. The highest BCUT2D eigenvalue weighted by atomic mass is 32.2. The van der Waals surface area contributed by atoms with E-state index >= 15 is 0 Å². The Labute approximate surface area is 168 Å². The summed E-state index contributed by atoms with van der Waals surface area (Å²) in [4.78, 5) is 26.2. The Bertz CT molecular complexity index is 777. The van der Waals surface area contributed by atoms with Crippen molar-refractivity contribution in [3.63, 3.8) is 0 Å². The highest BCUT2D eigenvalue weighted by molar-refractivity contribution is 8.26. The van der Waals surface area contributed by atoms with E-state index in [0.717, 1.165) is 17.3 Å². The van der Waals surface area contributed by atoms with Gasteiger partial charge >= 0.3 is 5.97 Å². The monoisotopic (exact) mass is 409 g/mol. The van der Waals surface area contributed by atoms with Gasteiger partial charge < -0.3 is 14.6 Å². The Morgan fingerprint density at radius 2 is 2.07 bits per heavy atom. The average molecular weight is 410 g/mol. The van der Waals surface area contributed by atoms with E-state index in [2.05, 4.69) is 0 Å². The Hall–Kier alpha value is -2.06. The number of thioether (sulfide) groups is 1. The molecule has 0 unspecified atom stereocenters. The van der Waals surface area contributed by atoms with Crippen molar-refractivity contribution < 1.29 is 24.2 Å². The molecule has 6 nitrogen and oxygen atoms in total. The number of carboxylic acids is 1. The summed E-state index contributed by atoms with van der Waals surface area (Å²) in [5.41, 5.74) is 0.742. The van der Waals surface area contributed by atoms with Gasteiger partial charge in [0.2, 0.25) is 0 Å². The largest absolute Gasteiger partial charge is 0.493 e. The van der Waals surface area contributed by atoms with Gasteiger partial charge in [-0.25, -0.2) is 4.79 Å². The first kappa shape index (κ1) is 21.2. The normalized spacial score (nSPS) is 17.9. The predicted octanol–water partition coefficient (Wildman–Crippen LogP) is 3.79. The molecule has 2 atom stereocenters. The molecule has 1 N–H and O–H groups in total. The number of carboxylic acid groups (broad SMARTS) is 1. The summed E-state index contributed by atoms with van der Waals surface area (Å²) >= 11 is 6.41. The maximum Gasteiger partial charge on any atom is 0.327 e. The van der Waals surface area contributed by atoms with Crippen LogP contribution in [0.2, 0.25) is 0 Å². The van der Waals surface area contributed by atoms with Gasteiger partial charge in [-0.15, -0.1) is 0 Å². The zero-order chi connectivity index (χ0) is 20.1. The van der Waals surface area contributed by atoms with E-state index < -0.39 is 12.0 Å². The Morgan fingerprint density at radius 3 is 2.63 bits per heavy atom. The fourth-order valence-corrected chi connectivity index (χ4v) is 4.08. The fraction of sp³-hybridized carbons (Fsp3) is 0.421. The fourth-order valence-electron chi connectivity index (χ4n) is 2.75. The van der Waals surface area contributed by atoms with Crippen molar-refractivity contribution in [2.45, 2.75) is 33.2 Å². The number of carbonyl (C=O) groups is 2. The number of rotatable bonds is 8. The molecular formula is C19H23NO5S2. The summed E-state index contributed by atoms with van der Waals surface area (Å²) in [6.45, 7) is 6.09. The second-order valence-electron chi connectivity index (χ2n) is 6.06. The predicted molar refractivity (Wildman–Crippen MR) is 110 cm³/mol. The van der Waals surface area contributed by atoms with Crippen molar-refractivity contribution in [2.24, 2.45) is 5.92 Å². The van der Waals surface area contributed by atoms with Gasteiger partial charge in [-0.2, -0.15) is 0 Å². The van der Waals surface area contributed by atoms with Crippen LogP contribution in [0, 0.1) is 5.92 Å². The van der Waals surface area contributed by atoms with Crippen LogP contribution in [0.5, 0.6) is 11.5 Å². The van der Waals surface area contributed by atoms with Crippen LogP contribution in [0.1, 0.15) is 32.8 Å². The van der Waals surface area contributed by atoms with E-state index in [1.807, 2.05) is 19.9 Å². The van der Waals surface area contributed by atoms with Gasteiger partial charge in [0, 0.05) is 0 Å². The lowest BCUT2D eigenvalue weighted by Crippen LogP contribution is -2.47. The molecule has 0 spiro atoms. The zero-order valence-electron chi connectivity index (χ0n) is 15.7. The summed E-state index contributed by atoms with van der Waals surface area (Å²) in [6, 6.07) is 4.38. The number of benzene rings is 1. The average Bonchev–Trinajstić information content (AvgIpc) is 2.90. The number of thiocarbonyl (C=S) groups is 1. The second kappa shape index (κ2) is 9.23. The van der Waals surface area contributed by atoms with E-state index in [9.17, 15) is 14.7 Å². The first-order valence-electron chi connectivity index (χ1n) is 8.64. The minimum Gasteiger partial charge on any atom is -0.493 e. The van der Waals surface area contributed by atoms with Gasteiger partial charge in [-0.3, -0.25) is 9.69 Å². The zero-order valence-corrected chi connectivity index (χ0v) is 17.4. The number of hydrogen-bond donors (Lipinski definition) is 1. The smallest absolute Gasteiger partial charge is 0.327 e. The first-order valence-corrected chi connectivity index (χ1v) is 9.87. The molecule has 8 heteroatoms. The second-order valence-corrected chi connectivity index (χ2v) is 7.74. The molecule has 1 heterocycles. The SMILES string of the molecule is CCOc1ccc(/C=C2\SC(=S)N([C@H](C(=O)O)[C@H](C)CC)C2=O)cc1OC. The highest BCUT2D eigenvalue weighted by Crippen LogP contribution is 2.37. The van der Waals surface area contributed by atoms with Crippen LogP contribution in [-0.4, -0.2) is 46.0 Å². The number of aliphatic carboxylic acids is 1. The minimum absolute atomic E-state index is 0.213. The quantitative estimate of drug-likeness (QED) is 0.517. The molecule has 1 aromatic rings. The number of hydrogen-bond acceptors (Lipinski definition) is 6. The third kappa shape index (κ3) is 4.62. The van der Waals surface area contributed by atoms with E-state index in [4.69, 9.17) is 21.7 Å². The maximum absolute atomic E-state index is 12.8. The number of amides is 1. The lowest BCUT2D eigenvalue weighted by molar-refractivity contribution is -0.147. The molecule has 0 saturated carbocycles. The molecule has 2 rings (SSSR count). The molecule has 1 aromatic carbocycles. The van der Waals surface area contributed by atoms with Gasteiger partial charge in [0.15, 0.2) is 11.5 Å². The van der Waals surface area contributed by atoms with Crippen molar-refractivity contribution in [2.75, 3.05) is 13.7 Å². The number of carbonyl (C=O) groups excluding carboxylic acids is 1. The van der Waals surface area contributed by atoms with E-state index in [-0.39, 0.29) is 16.1 Å². The lowest BCUT2D eigenvalue weighted by atomic mass is 9.98. The molecular weight excluding hydrogens is 386 g/mol. The molecule has 1 fully saturated rings. The standard InChI is InChI=1S/C19H23NO5S2/c1-5-11(3)16(18(22)23)20-17(21)15(27-19(20)26)10-12-7-8-13(25-6-2)14(9-12)24-4/h7-11,16H,5-6H2,1-4H3,(H,22,23)/b15-10-/t11-,16+/m1/s1. The number of methoxy groups -OCH3 is 1. The van der Waals surface area contributed by atoms with Gasteiger partial charge in [0.05, 0.1) is 18.6 Å². The van der Waals surface area contributed by atoms with Gasteiger partial charge in [-0.05, 0) is 36.6 Å². The van der Waals surface area contributed by atoms with Crippen LogP contribution in [0.15, 0.2) is 23.1 Å². The molecule has 146 valence electrons. The molecule has 0 aliphatic carbocycles. The van der Waals surface area contributed by atoms with E-state index in [1.165, 1.54) is 4.90 Å². The lowest BCUT2D eigenvalue weighted by Gasteiger charge is -2.27. The summed E-state index contributed by atoms with van der Waals surface area (Å²) in [5, 5.41) is 9.58. The molecule has 1 amide bonds. The summed E-state index contributed by atoms with van der Waals surface area (Å²) in [6.07, 6.45) is 2.32. The Balaban J connectivity index is 2.34. The van der Waals surface area contributed by atoms with Crippen LogP contribution < -0.4 is 9.47 Å². The molecule has 27 heavy (non-hydrogen) atoms. The van der Waals surface area contributed by atoms with Gasteiger partial charge in [0.1, 0.15) is 10.4 Å². The van der Waals surface area contributed by atoms with E-state index in [1.54, 1.807) is 32.2 Å². The molecule has 0 bridgehead atoms. The Morgan fingerprint density at radius 1 is 1.37 bits per heavy atom. The van der Waals surface area contributed by atoms with Gasteiger partial charge in [0.25, 0.3) is 5.91 Å². The topological polar surface area (TPSA) is 76.1 Å². The number of nitrogens with zero attached hydrogens (tertiary/aromatic N) is 1. The third-order valence-corrected chi connectivity index (χ3v) is 5.65. The molecule has 1 saturated heterocycles. The van der Waals surface area contributed by atoms with Crippen LogP contribution in [0.4, 0.5) is 0 Å². The van der Waals surface area contributed by atoms with E-state index in [0.29, 0.717) is 29.4 Å². The molecule has 1 aliphatic rings. The molecule has 0 aromatic heterocycles. The van der Waals surface area contributed by atoms with Crippen molar-refractivity contribution in [3.05, 3.63) is 28.7 Å². The summed E-state index contributed by atoms with van der Waals surface area (Å²) in [5.74, 6) is -0.471. The van der Waals surface area contributed by atoms with Gasteiger partial charge in [-0.1, -0.05) is 50.3 Å². The van der Waals surface area contributed by atoms with Crippen molar-refractivity contribution >= 4 is 46.3 Å². The van der Waals surface area contributed by atoms with Crippen molar-refractivity contribution in [3.8, 4) is 11.5 Å². The minimum atomic E-state index is -1.05. The van der Waals surface area contributed by atoms with Crippen LogP contribution in [-0.2, 0) is 9.59 Å². The summed E-state index contributed by atoms with van der Waals surface area (Å²) < 4.78 is 11.1. The summed E-state index contributed by atoms with van der Waals surface area (Å²) in [7, 11) is 1.55. The molecule has 0 radical (unpaired) electrons. The third-order valence-electron chi connectivity index (χ3n) is 4.32. The van der Waals surface area contributed by atoms with Crippen molar-refractivity contribution in [1.82, 2.24) is 4.90 Å². The van der Waals surface area contributed by atoms with Crippen LogP contribution in [0.3, 0.4) is 0 Å². The molecule has 1 aliphatic heterocycles. The first-order chi connectivity index (χ1) is 12.8. The van der Waals surface area contributed by atoms with Crippen LogP contribution >= 0.6 is 24.0 Å². The van der Waals surface area contributed by atoms with Crippen LogP contribution in [0.25, 0.3) is 6.08 Å². The van der Waals surface area contributed by atoms with Crippen molar-refractivity contribution in [1.29, 1.82) is 0 Å². The highest BCUT2D eigenvalue weighted by Gasteiger charge is 2.42.